The Labute approximate surface area is 412 Å². The molecule has 0 radical (unpaired) electrons. The fourth-order valence-electron chi connectivity index (χ4n) is 9.87. The number of hydrogen-bond donors (Lipinski definition) is 3. The van der Waals surface area contributed by atoms with Crippen LogP contribution in [0.25, 0.3) is 11.1 Å². The fraction of sp³-hybridized carbons (Fsp3) is 0.148. The molecular weight excluding hydrogens is 889 g/mol. The normalized spacial score (nSPS) is 13.0. The Hall–Kier alpha value is -8.01. The lowest BCUT2D eigenvalue weighted by molar-refractivity contribution is -0.146. The van der Waals surface area contributed by atoms with E-state index < -0.39 is 58.8 Å². The van der Waals surface area contributed by atoms with E-state index in [-0.39, 0.29) is 18.3 Å². The lowest BCUT2D eigenvalue weighted by Crippen LogP contribution is -2.49. The first-order valence-corrected chi connectivity index (χ1v) is 24.4. The number of rotatable bonds is 19. The lowest BCUT2D eigenvalue weighted by Gasteiger charge is -2.37. The molecular formula is C61H52N2O6S. The minimum atomic E-state index is -1.44. The smallest absolute Gasteiger partial charge is 0.407 e. The number of carboxylic acids is 1. The molecule has 9 rings (SSSR count). The first-order chi connectivity index (χ1) is 34.3. The number of aliphatic carboxylic acids is 1. The number of fused-ring (bicyclic) bond motifs is 3. The third-order valence-corrected chi connectivity index (χ3v) is 14.8. The monoisotopic (exact) mass is 940 g/mol. The van der Waals surface area contributed by atoms with E-state index in [1.165, 1.54) is 11.8 Å². The van der Waals surface area contributed by atoms with Crippen LogP contribution in [0.15, 0.2) is 231 Å². The molecule has 2 atom stereocenters. The van der Waals surface area contributed by atoms with Crippen molar-refractivity contribution in [2.24, 2.45) is 5.92 Å². The van der Waals surface area contributed by atoms with Crippen LogP contribution >= 0.6 is 11.8 Å². The number of nitrogens with one attached hydrogen (secondary N) is 2. The maximum absolute atomic E-state index is 15.0. The average Bonchev–Trinajstić information content (AvgIpc) is 3.74. The van der Waals surface area contributed by atoms with Crippen LogP contribution in [0.2, 0.25) is 0 Å². The summed E-state index contributed by atoms with van der Waals surface area (Å²) in [5.41, 5.74) is 8.18. The molecule has 0 fully saturated rings. The van der Waals surface area contributed by atoms with Gasteiger partial charge in [-0.3, -0.25) is 14.4 Å². The summed E-state index contributed by atoms with van der Waals surface area (Å²) in [4.78, 5) is 56.9. The largest absolute Gasteiger partial charge is 0.481 e. The van der Waals surface area contributed by atoms with Crippen LogP contribution in [0.4, 0.5) is 4.79 Å². The Morgan fingerprint density at radius 2 is 0.871 bits per heavy atom. The van der Waals surface area contributed by atoms with Gasteiger partial charge in [0.1, 0.15) is 12.1 Å². The van der Waals surface area contributed by atoms with E-state index in [4.69, 9.17) is 4.74 Å². The number of ether oxygens (including phenoxy) is 1. The number of benzene rings is 8. The number of carboxylic acid groups (broad SMARTS) is 1. The molecule has 1 aliphatic rings. The van der Waals surface area contributed by atoms with Gasteiger partial charge < -0.3 is 20.5 Å². The van der Waals surface area contributed by atoms with E-state index in [1.54, 1.807) is 0 Å². The second-order valence-electron chi connectivity index (χ2n) is 17.4. The zero-order valence-corrected chi connectivity index (χ0v) is 39.2. The first-order valence-electron chi connectivity index (χ1n) is 23.4. The Bertz CT molecular complexity index is 2810. The van der Waals surface area contributed by atoms with Crippen LogP contribution in [-0.4, -0.2) is 47.3 Å². The molecule has 3 N–H and O–H groups in total. The number of amides is 2. The number of thioether (sulfide) groups is 1. The van der Waals surface area contributed by atoms with E-state index in [0.717, 1.165) is 55.6 Å². The lowest BCUT2D eigenvalue weighted by atomic mass is 9.76. The molecule has 0 bridgehead atoms. The van der Waals surface area contributed by atoms with Crippen LogP contribution in [0.5, 0.6) is 0 Å². The number of alkyl carbamates (subject to hydrolysis) is 1. The molecule has 8 nitrogen and oxygen atoms in total. The van der Waals surface area contributed by atoms with E-state index in [9.17, 15) is 24.3 Å². The van der Waals surface area contributed by atoms with Crippen LogP contribution in [-0.2, 0) is 29.4 Å². The summed E-state index contributed by atoms with van der Waals surface area (Å²) in [6, 6.07) is 73.4. The number of carbonyl (C=O) groups is 4. The van der Waals surface area contributed by atoms with Gasteiger partial charge >= 0.3 is 12.1 Å². The van der Waals surface area contributed by atoms with Crippen molar-refractivity contribution in [1.82, 2.24) is 10.6 Å². The molecule has 8 aromatic carbocycles. The zero-order chi connectivity index (χ0) is 48.3. The van der Waals surface area contributed by atoms with Crippen molar-refractivity contribution in [2.45, 2.75) is 35.1 Å². The van der Waals surface area contributed by atoms with Gasteiger partial charge in [-0.1, -0.05) is 231 Å². The third kappa shape index (κ3) is 9.79. The summed E-state index contributed by atoms with van der Waals surface area (Å²) in [6.45, 7) is 0.0137. The second kappa shape index (κ2) is 21.5. The van der Waals surface area contributed by atoms with Gasteiger partial charge in [0, 0.05) is 24.5 Å². The number of hydrogen-bond acceptors (Lipinski definition) is 6. The second-order valence-corrected chi connectivity index (χ2v) is 18.7. The van der Waals surface area contributed by atoms with E-state index in [0.29, 0.717) is 0 Å². The standard InChI is InChI=1S/C61H52N2O6S/c64-56(39-43(58(66)67)40-57(65)63-60(44-23-7-1-8-24-44,45-25-9-2-10-26-45)46-27-11-3-12-28-46)55(62-59(68)69-41-54-52-37-21-19-35-50(52)51-36-20-22-38-53(51)54)42-70-61(47-29-13-4-14-30-47,48-31-15-5-16-32-48)49-33-17-6-18-34-49/h1-38,43,54-55H,39-42H2,(H,62,68)(H,63,65)(H,66,67)/t43-,55?/m0/s1. The SMILES string of the molecule is O=C(C[C@H](CC(=O)C(CSC(c1ccccc1)(c1ccccc1)c1ccccc1)NC(=O)OCC1c2ccccc2-c2ccccc21)C(=O)O)NC(c1ccccc1)(c1ccccc1)c1ccccc1. The molecule has 2 amide bonds. The molecule has 0 saturated carbocycles. The van der Waals surface area contributed by atoms with E-state index in [1.807, 2.05) is 218 Å². The van der Waals surface area contributed by atoms with Gasteiger partial charge in [0.15, 0.2) is 5.78 Å². The molecule has 0 spiro atoms. The maximum atomic E-state index is 15.0. The molecule has 0 aliphatic heterocycles. The number of carbonyl (C=O) groups excluding carboxylic acids is 3. The van der Waals surface area contributed by atoms with Crippen molar-refractivity contribution >= 4 is 35.5 Å². The number of Topliss-reactive ketones (excluding diaryl/α,β-unsaturated/α-hetero) is 1. The van der Waals surface area contributed by atoms with Crippen LogP contribution < -0.4 is 10.6 Å². The molecule has 0 aromatic heterocycles. The van der Waals surface area contributed by atoms with E-state index in [2.05, 4.69) is 22.8 Å². The minimum absolute atomic E-state index is 0.0137. The summed E-state index contributed by atoms with van der Waals surface area (Å²) in [6.07, 6.45) is -1.86. The number of ketones is 1. The van der Waals surface area contributed by atoms with Crippen LogP contribution in [0.1, 0.15) is 63.3 Å². The molecule has 70 heavy (non-hydrogen) atoms. The van der Waals surface area contributed by atoms with Gasteiger partial charge in [-0.25, -0.2) is 4.79 Å². The van der Waals surface area contributed by atoms with Gasteiger partial charge in [-0.15, -0.1) is 11.8 Å². The van der Waals surface area contributed by atoms with Crippen LogP contribution in [0, 0.1) is 5.92 Å². The predicted octanol–water partition coefficient (Wildman–Crippen LogP) is 11.8. The molecule has 1 aliphatic carbocycles. The summed E-state index contributed by atoms with van der Waals surface area (Å²) < 4.78 is 5.14. The summed E-state index contributed by atoms with van der Waals surface area (Å²) >= 11 is 1.46. The van der Waals surface area contributed by atoms with Gasteiger partial charge in [-0.05, 0) is 55.6 Å². The fourth-order valence-corrected chi connectivity index (χ4v) is 11.5. The minimum Gasteiger partial charge on any atom is -0.481 e. The van der Waals surface area contributed by atoms with E-state index >= 15 is 0 Å². The van der Waals surface area contributed by atoms with Crippen LogP contribution in [0.3, 0.4) is 0 Å². The molecule has 0 heterocycles. The summed E-state index contributed by atoms with van der Waals surface area (Å²) in [5, 5.41) is 16.9. The van der Waals surface area contributed by atoms with Gasteiger partial charge in [0.25, 0.3) is 0 Å². The molecule has 9 heteroatoms. The van der Waals surface area contributed by atoms with Gasteiger partial charge in [-0.2, -0.15) is 0 Å². The Balaban J connectivity index is 1.03. The van der Waals surface area contributed by atoms with Crippen molar-refractivity contribution in [3.05, 3.63) is 275 Å². The highest BCUT2D eigenvalue weighted by molar-refractivity contribution is 8.00. The third-order valence-electron chi connectivity index (χ3n) is 13.2. The molecule has 348 valence electrons. The van der Waals surface area contributed by atoms with Gasteiger partial charge in [0.2, 0.25) is 5.91 Å². The molecule has 0 saturated heterocycles. The highest BCUT2D eigenvalue weighted by Gasteiger charge is 2.42. The zero-order valence-electron chi connectivity index (χ0n) is 38.4. The van der Waals surface area contributed by atoms with Crippen molar-refractivity contribution in [1.29, 1.82) is 0 Å². The Morgan fingerprint density at radius 3 is 1.27 bits per heavy atom. The first kappa shape index (κ1) is 47.1. The quantitative estimate of drug-likeness (QED) is 0.0690. The van der Waals surface area contributed by atoms with Crippen molar-refractivity contribution in [3.8, 4) is 11.1 Å². The van der Waals surface area contributed by atoms with Crippen molar-refractivity contribution in [3.63, 3.8) is 0 Å². The topological polar surface area (TPSA) is 122 Å². The molecule has 8 aromatic rings. The van der Waals surface area contributed by atoms with Crippen molar-refractivity contribution in [2.75, 3.05) is 12.4 Å². The highest BCUT2D eigenvalue weighted by Crippen LogP contribution is 2.49. The summed E-state index contributed by atoms with van der Waals surface area (Å²) in [5.74, 6) is -4.07. The Kier molecular flexibility index (Phi) is 14.5. The van der Waals surface area contributed by atoms with Crippen molar-refractivity contribution < 1.29 is 29.0 Å². The average molecular weight is 941 g/mol. The Morgan fingerprint density at radius 1 is 0.500 bits per heavy atom. The predicted molar refractivity (Wildman–Crippen MR) is 276 cm³/mol. The highest BCUT2D eigenvalue weighted by atomic mass is 32.2. The summed E-state index contributed by atoms with van der Waals surface area (Å²) in [7, 11) is 0. The van der Waals surface area contributed by atoms with Gasteiger partial charge in [0.05, 0.1) is 16.7 Å². The maximum Gasteiger partial charge on any atom is 0.407 e. The molecule has 1 unspecified atom stereocenters.